The number of hydrogen-bond acceptors (Lipinski definition) is 6. The number of hydrogen-bond donors (Lipinski definition) is 1. The number of rotatable bonds is 7. The molecule has 2 aromatic rings. The minimum absolute atomic E-state index is 0.0448. The molecule has 0 saturated carbocycles. The standard InChI is InChI=1S/C15H18FN3OS2/c1-4-9(2)17-14-18-19-15(22-14)21-10(3)13(20)11-5-7-12(16)8-6-11/h5-10H,4H2,1-3H3,(H,17,18). The number of benzene rings is 1. The lowest BCUT2D eigenvalue weighted by Crippen LogP contribution is -2.13. The molecule has 0 fully saturated rings. The summed E-state index contributed by atoms with van der Waals surface area (Å²) in [6.45, 7) is 5.99. The average molecular weight is 339 g/mol. The summed E-state index contributed by atoms with van der Waals surface area (Å²) < 4.78 is 13.6. The average Bonchev–Trinajstić information content (AvgIpc) is 2.94. The van der Waals surface area contributed by atoms with Gasteiger partial charge in [-0.15, -0.1) is 10.2 Å². The first-order valence-electron chi connectivity index (χ1n) is 7.06. The zero-order valence-electron chi connectivity index (χ0n) is 12.7. The van der Waals surface area contributed by atoms with E-state index in [0.717, 1.165) is 15.9 Å². The van der Waals surface area contributed by atoms with E-state index in [1.54, 1.807) is 0 Å². The number of carbonyl (C=O) groups is 1. The molecule has 0 aliphatic carbocycles. The molecule has 0 saturated heterocycles. The van der Waals surface area contributed by atoms with Crippen LogP contribution < -0.4 is 5.32 Å². The number of ketones is 1. The smallest absolute Gasteiger partial charge is 0.206 e. The zero-order valence-corrected chi connectivity index (χ0v) is 14.3. The summed E-state index contributed by atoms with van der Waals surface area (Å²) in [5.74, 6) is -0.390. The molecule has 0 aliphatic rings. The third-order valence-corrected chi connectivity index (χ3v) is 5.20. The van der Waals surface area contributed by atoms with Gasteiger partial charge in [0.2, 0.25) is 5.13 Å². The van der Waals surface area contributed by atoms with Crippen LogP contribution in [0.2, 0.25) is 0 Å². The van der Waals surface area contributed by atoms with Crippen LogP contribution in [-0.2, 0) is 0 Å². The molecule has 0 spiro atoms. The molecule has 1 heterocycles. The Hall–Kier alpha value is -1.47. The third kappa shape index (κ3) is 4.51. The van der Waals surface area contributed by atoms with Crippen LogP contribution in [0.1, 0.15) is 37.6 Å². The molecule has 1 N–H and O–H groups in total. The van der Waals surface area contributed by atoms with Crippen molar-refractivity contribution in [2.45, 2.75) is 42.8 Å². The van der Waals surface area contributed by atoms with Crippen LogP contribution in [0.3, 0.4) is 0 Å². The Kier molecular flexibility index (Phi) is 5.90. The summed E-state index contributed by atoms with van der Waals surface area (Å²) in [6, 6.07) is 5.94. The Morgan fingerprint density at radius 1 is 1.32 bits per heavy atom. The number of carbonyl (C=O) groups excluding carboxylic acids is 1. The van der Waals surface area contributed by atoms with E-state index in [-0.39, 0.29) is 16.9 Å². The van der Waals surface area contributed by atoms with Gasteiger partial charge in [0.15, 0.2) is 10.1 Å². The Labute approximate surface area is 137 Å². The highest BCUT2D eigenvalue weighted by Gasteiger charge is 2.19. The quantitative estimate of drug-likeness (QED) is 0.604. The van der Waals surface area contributed by atoms with Crippen molar-refractivity contribution in [2.75, 3.05) is 5.32 Å². The summed E-state index contributed by atoms with van der Waals surface area (Å²) in [5, 5.41) is 11.9. The van der Waals surface area contributed by atoms with Crippen LogP contribution in [0, 0.1) is 5.82 Å². The Morgan fingerprint density at radius 3 is 2.64 bits per heavy atom. The molecule has 0 radical (unpaired) electrons. The van der Waals surface area contributed by atoms with Crippen molar-refractivity contribution in [1.82, 2.24) is 10.2 Å². The first kappa shape index (κ1) is 16.9. The molecule has 0 amide bonds. The van der Waals surface area contributed by atoms with Gasteiger partial charge in [-0.05, 0) is 44.5 Å². The predicted octanol–water partition coefficient (Wildman–Crippen LogP) is 4.25. The van der Waals surface area contributed by atoms with Gasteiger partial charge in [0.25, 0.3) is 0 Å². The second kappa shape index (κ2) is 7.69. The van der Waals surface area contributed by atoms with Crippen LogP contribution in [-0.4, -0.2) is 27.3 Å². The van der Waals surface area contributed by atoms with Crippen molar-refractivity contribution in [3.8, 4) is 0 Å². The van der Waals surface area contributed by atoms with Crippen molar-refractivity contribution >= 4 is 34.0 Å². The summed E-state index contributed by atoms with van der Waals surface area (Å²) in [5.41, 5.74) is 0.504. The summed E-state index contributed by atoms with van der Waals surface area (Å²) in [4.78, 5) is 12.3. The second-order valence-corrected chi connectivity index (χ2v) is 7.52. The maximum absolute atomic E-state index is 12.9. The van der Waals surface area contributed by atoms with E-state index < -0.39 is 0 Å². The maximum Gasteiger partial charge on any atom is 0.206 e. The van der Waals surface area contributed by atoms with Gasteiger partial charge in [0, 0.05) is 11.6 Å². The fourth-order valence-electron chi connectivity index (χ4n) is 1.68. The number of halogens is 1. The highest BCUT2D eigenvalue weighted by Crippen LogP contribution is 2.30. The number of aromatic nitrogens is 2. The van der Waals surface area contributed by atoms with Crippen molar-refractivity contribution < 1.29 is 9.18 Å². The molecule has 22 heavy (non-hydrogen) atoms. The molecule has 118 valence electrons. The first-order valence-corrected chi connectivity index (χ1v) is 8.75. The van der Waals surface area contributed by atoms with E-state index in [0.29, 0.717) is 11.6 Å². The third-order valence-electron chi connectivity index (χ3n) is 3.16. The van der Waals surface area contributed by atoms with Crippen LogP contribution in [0.5, 0.6) is 0 Å². The van der Waals surface area contributed by atoms with Gasteiger partial charge >= 0.3 is 0 Å². The monoisotopic (exact) mass is 339 g/mol. The fourth-order valence-corrected chi connectivity index (χ4v) is 3.77. The van der Waals surface area contributed by atoms with Gasteiger partial charge in [-0.1, -0.05) is 30.0 Å². The molecule has 4 nitrogen and oxygen atoms in total. The lowest BCUT2D eigenvalue weighted by molar-refractivity contribution is 0.0994. The predicted molar refractivity (Wildman–Crippen MR) is 89.3 cm³/mol. The number of nitrogens with zero attached hydrogens (tertiary/aromatic N) is 2. The first-order chi connectivity index (χ1) is 10.5. The van der Waals surface area contributed by atoms with Gasteiger partial charge < -0.3 is 5.32 Å². The lowest BCUT2D eigenvalue weighted by atomic mass is 10.1. The SMILES string of the molecule is CCC(C)Nc1nnc(SC(C)C(=O)c2ccc(F)cc2)s1. The Bertz CT molecular complexity index is 630. The van der Waals surface area contributed by atoms with Gasteiger partial charge in [-0.25, -0.2) is 4.39 Å². The minimum Gasteiger partial charge on any atom is -0.358 e. The van der Waals surface area contributed by atoms with Crippen molar-refractivity contribution in [2.24, 2.45) is 0 Å². The number of Topliss-reactive ketones (excluding diaryl/α,β-unsaturated/α-hetero) is 1. The number of nitrogens with one attached hydrogen (secondary N) is 1. The molecule has 7 heteroatoms. The van der Waals surface area contributed by atoms with E-state index in [1.165, 1.54) is 47.4 Å². The van der Waals surface area contributed by atoms with E-state index >= 15 is 0 Å². The summed E-state index contributed by atoms with van der Waals surface area (Å²) in [6.07, 6.45) is 1.00. The molecule has 0 bridgehead atoms. The molecular weight excluding hydrogens is 321 g/mol. The van der Waals surface area contributed by atoms with Crippen molar-refractivity contribution in [3.63, 3.8) is 0 Å². The van der Waals surface area contributed by atoms with E-state index in [1.807, 2.05) is 6.92 Å². The Morgan fingerprint density at radius 2 is 2.00 bits per heavy atom. The molecule has 0 aliphatic heterocycles. The highest BCUT2D eigenvalue weighted by molar-refractivity contribution is 8.02. The topological polar surface area (TPSA) is 54.9 Å². The van der Waals surface area contributed by atoms with Crippen LogP contribution in [0.4, 0.5) is 9.52 Å². The molecule has 2 rings (SSSR count). The normalized spacial score (nSPS) is 13.6. The van der Waals surface area contributed by atoms with E-state index in [9.17, 15) is 9.18 Å². The minimum atomic E-state index is -0.346. The maximum atomic E-state index is 12.9. The van der Waals surface area contributed by atoms with Crippen LogP contribution in [0.25, 0.3) is 0 Å². The molecule has 1 aromatic carbocycles. The largest absolute Gasteiger partial charge is 0.358 e. The molecular formula is C15H18FN3OS2. The molecule has 2 atom stereocenters. The second-order valence-electron chi connectivity index (χ2n) is 4.96. The van der Waals surface area contributed by atoms with Gasteiger partial charge in [-0.2, -0.15) is 0 Å². The van der Waals surface area contributed by atoms with Crippen molar-refractivity contribution in [3.05, 3.63) is 35.6 Å². The zero-order chi connectivity index (χ0) is 16.1. The van der Waals surface area contributed by atoms with Crippen LogP contribution >= 0.6 is 23.1 Å². The number of anilines is 1. The fraction of sp³-hybridized carbons (Fsp3) is 0.400. The van der Waals surface area contributed by atoms with Gasteiger partial charge in [0.1, 0.15) is 5.82 Å². The lowest BCUT2D eigenvalue weighted by Gasteiger charge is -2.08. The van der Waals surface area contributed by atoms with Crippen LogP contribution in [0.15, 0.2) is 28.6 Å². The summed E-state index contributed by atoms with van der Waals surface area (Å²) in [7, 11) is 0. The van der Waals surface area contributed by atoms with E-state index in [4.69, 9.17) is 0 Å². The van der Waals surface area contributed by atoms with E-state index in [2.05, 4.69) is 29.4 Å². The number of thioether (sulfide) groups is 1. The van der Waals surface area contributed by atoms with Crippen molar-refractivity contribution in [1.29, 1.82) is 0 Å². The van der Waals surface area contributed by atoms with Gasteiger partial charge in [-0.3, -0.25) is 4.79 Å². The molecule has 1 aromatic heterocycles. The van der Waals surface area contributed by atoms with Gasteiger partial charge in [0.05, 0.1) is 5.25 Å². The molecule has 2 unspecified atom stereocenters. The summed E-state index contributed by atoms with van der Waals surface area (Å²) >= 11 is 2.81. The Balaban J connectivity index is 1.98. The highest BCUT2D eigenvalue weighted by atomic mass is 32.2.